The molecular weight excluding hydrogens is 342 g/mol. The van der Waals surface area contributed by atoms with Crippen LogP contribution in [0.15, 0.2) is 16.3 Å². The number of aliphatic hydroxyl groups excluding tert-OH is 1. The Balaban J connectivity index is 2.47. The molecule has 2 rings (SSSR count). The third-order valence-corrected chi connectivity index (χ3v) is 8.77. The average Bonchev–Trinajstić information content (AvgIpc) is 2.86. The first kappa shape index (κ1) is 16.2. The normalized spacial score (nSPS) is 22.0. The number of aliphatic hydroxyl groups is 1. The second-order valence-corrected chi connectivity index (χ2v) is 10.6. The number of thioether (sulfide) groups is 1. The highest BCUT2D eigenvalue weighted by Crippen LogP contribution is 2.30. The molecule has 1 saturated heterocycles. The first-order chi connectivity index (χ1) is 9.28. The Labute approximate surface area is 126 Å². The fourth-order valence-corrected chi connectivity index (χ4v) is 8.42. The van der Waals surface area contributed by atoms with Crippen LogP contribution in [-0.2, 0) is 26.5 Å². The number of nitrogens with zero attached hydrogens (tertiary/aromatic N) is 1. The highest BCUT2D eigenvalue weighted by atomic mass is 32.2. The van der Waals surface area contributed by atoms with Crippen molar-refractivity contribution in [1.82, 2.24) is 4.31 Å². The van der Waals surface area contributed by atoms with E-state index >= 15 is 0 Å². The number of sulfonamides is 1. The van der Waals surface area contributed by atoms with Crippen LogP contribution in [0.2, 0.25) is 0 Å². The van der Waals surface area contributed by atoms with Crippen LogP contribution < -0.4 is 0 Å². The smallest absolute Gasteiger partial charge is 0.245 e. The summed E-state index contributed by atoms with van der Waals surface area (Å²) in [5.41, 5.74) is 0. The maximum Gasteiger partial charge on any atom is 0.245 e. The minimum absolute atomic E-state index is 0.00514. The molecule has 0 spiro atoms. The molecule has 1 N–H and O–H groups in total. The van der Waals surface area contributed by atoms with Crippen molar-refractivity contribution in [2.75, 3.05) is 24.3 Å². The van der Waals surface area contributed by atoms with Crippen molar-refractivity contribution >= 4 is 43.0 Å². The Morgan fingerprint density at radius 2 is 2.10 bits per heavy atom. The summed E-state index contributed by atoms with van der Waals surface area (Å²) in [6, 6.07) is 1.41. The molecule has 0 radical (unpaired) electrons. The molecule has 0 amide bonds. The molecule has 114 valence electrons. The lowest BCUT2D eigenvalue weighted by atomic mass is 10.5. The van der Waals surface area contributed by atoms with Crippen molar-refractivity contribution in [3.63, 3.8) is 0 Å². The summed E-state index contributed by atoms with van der Waals surface area (Å²) in [6.07, 6.45) is 1.05. The van der Waals surface area contributed by atoms with Crippen LogP contribution in [0.1, 0.15) is 4.88 Å². The molecule has 1 fully saturated rings. The van der Waals surface area contributed by atoms with Crippen molar-refractivity contribution in [3.05, 3.63) is 16.3 Å². The highest BCUT2D eigenvalue weighted by Gasteiger charge is 2.40. The minimum Gasteiger partial charge on any atom is -0.391 e. The SMILES string of the molecule is CS(=O)(=O)C1CSCCN1S(=O)(=O)c1ccsc1CO. The predicted octanol–water partition coefficient (Wildman–Crippen LogP) is 0.349. The quantitative estimate of drug-likeness (QED) is 0.836. The van der Waals surface area contributed by atoms with Gasteiger partial charge in [-0.25, -0.2) is 16.8 Å². The van der Waals surface area contributed by atoms with Gasteiger partial charge in [0.05, 0.1) is 11.5 Å². The van der Waals surface area contributed by atoms with Gasteiger partial charge in [-0.2, -0.15) is 16.1 Å². The van der Waals surface area contributed by atoms with Crippen LogP contribution in [0, 0.1) is 0 Å². The van der Waals surface area contributed by atoms with Gasteiger partial charge < -0.3 is 5.11 Å². The fourth-order valence-electron chi connectivity index (χ4n) is 1.98. The Bertz CT molecular complexity index is 678. The Morgan fingerprint density at radius 1 is 1.40 bits per heavy atom. The van der Waals surface area contributed by atoms with Gasteiger partial charge in [-0.15, -0.1) is 11.3 Å². The van der Waals surface area contributed by atoms with Crippen LogP contribution >= 0.6 is 23.1 Å². The fraction of sp³-hybridized carbons (Fsp3) is 0.600. The van der Waals surface area contributed by atoms with Crippen molar-refractivity contribution in [2.24, 2.45) is 0 Å². The zero-order valence-corrected chi connectivity index (χ0v) is 14.0. The lowest BCUT2D eigenvalue weighted by molar-refractivity contribution is 0.282. The van der Waals surface area contributed by atoms with Crippen molar-refractivity contribution in [3.8, 4) is 0 Å². The molecule has 10 heteroatoms. The van der Waals surface area contributed by atoms with E-state index in [4.69, 9.17) is 0 Å². The van der Waals surface area contributed by atoms with E-state index in [-0.39, 0.29) is 23.8 Å². The van der Waals surface area contributed by atoms with Gasteiger partial charge in [0.15, 0.2) is 9.84 Å². The van der Waals surface area contributed by atoms with Gasteiger partial charge in [0.1, 0.15) is 5.37 Å². The first-order valence-corrected chi connectivity index (χ1v) is 11.2. The summed E-state index contributed by atoms with van der Waals surface area (Å²) in [7, 11) is -7.40. The molecule has 1 unspecified atom stereocenters. The van der Waals surface area contributed by atoms with Crippen molar-refractivity contribution in [1.29, 1.82) is 0 Å². The molecule has 6 nitrogen and oxygen atoms in total. The second kappa shape index (κ2) is 5.93. The molecule has 1 atom stereocenters. The van der Waals surface area contributed by atoms with Crippen LogP contribution in [0.25, 0.3) is 0 Å². The number of hydrogen-bond donors (Lipinski definition) is 1. The van der Waals surface area contributed by atoms with E-state index in [1.54, 1.807) is 5.38 Å². The van der Waals surface area contributed by atoms with Gasteiger partial charge in [-0.3, -0.25) is 0 Å². The Hall–Kier alpha value is -0.130. The molecule has 0 bridgehead atoms. The molecule has 0 saturated carbocycles. The maximum absolute atomic E-state index is 12.6. The van der Waals surface area contributed by atoms with Gasteiger partial charge in [-0.1, -0.05) is 0 Å². The molecule has 2 heterocycles. The summed E-state index contributed by atoms with van der Waals surface area (Å²) in [6.45, 7) is -0.218. The van der Waals surface area contributed by atoms with E-state index in [2.05, 4.69) is 0 Å². The zero-order valence-electron chi connectivity index (χ0n) is 10.7. The molecule has 1 aliphatic heterocycles. The zero-order chi connectivity index (χ0) is 15.0. The van der Waals surface area contributed by atoms with Crippen LogP contribution in [0.5, 0.6) is 0 Å². The number of thiophene rings is 1. The molecule has 0 aliphatic carbocycles. The summed E-state index contributed by atoms with van der Waals surface area (Å²) < 4.78 is 49.9. The minimum atomic E-state index is -3.90. The van der Waals surface area contributed by atoms with Crippen molar-refractivity contribution in [2.45, 2.75) is 16.9 Å². The Kier molecular flexibility index (Phi) is 4.82. The van der Waals surface area contributed by atoms with Crippen LogP contribution in [0.4, 0.5) is 0 Å². The van der Waals surface area contributed by atoms with Crippen molar-refractivity contribution < 1.29 is 21.9 Å². The number of rotatable bonds is 4. The van der Waals surface area contributed by atoms with E-state index in [0.29, 0.717) is 10.6 Å². The van der Waals surface area contributed by atoms with Gasteiger partial charge >= 0.3 is 0 Å². The largest absolute Gasteiger partial charge is 0.391 e. The topological polar surface area (TPSA) is 91.8 Å². The summed E-state index contributed by atoms with van der Waals surface area (Å²) in [5, 5.41) is 9.73. The number of sulfone groups is 1. The first-order valence-electron chi connectivity index (χ1n) is 5.74. The molecule has 20 heavy (non-hydrogen) atoms. The third-order valence-electron chi connectivity index (χ3n) is 2.97. The summed E-state index contributed by atoms with van der Waals surface area (Å²) in [5.74, 6) is 0.792. The average molecular weight is 358 g/mol. The number of hydrogen-bond acceptors (Lipinski definition) is 7. The third kappa shape index (κ3) is 3.04. The van der Waals surface area contributed by atoms with Gasteiger partial charge in [0.25, 0.3) is 0 Å². The van der Waals surface area contributed by atoms with Gasteiger partial charge in [-0.05, 0) is 11.4 Å². The highest BCUT2D eigenvalue weighted by molar-refractivity contribution is 8.01. The monoisotopic (exact) mass is 357 g/mol. The van der Waals surface area contributed by atoms with E-state index in [1.165, 1.54) is 17.8 Å². The molecule has 1 aliphatic rings. The van der Waals surface area contributed by atoms with Gasteiger partial charge in [0, 0.05) is 29.2 Å². The molecule has 1 aromatic heterocycles. The van der Waals surface area contributed by atoms with E-state index in [1.807, 2.05) is 0 Å². The summed E-state index contributed by atoms with van der Waals surface area (Å²) in [4.78, 5) is 0.334. The lowest BCUT2D eigenvalue weighted by Gasteiger charge is -2.32. The molecular formula is C10H15NO5S4. The van der Waals surface area contributed by atoms with Crippen LogP contribution in [-0.4, -0.2) is 55.9 Å². The summed E-state index contributed by atoms with van der Waals surface area (Å²) >= 11 is 2.56. The maximum atomic E-state index is 12.6. The van der Waals surface area contributed by atoms with Crippen LogP contribution in [0.3, 0.4) is 0 Å². The molecule has 0 aromatic carbocycles. The lowest BCUT2D eigenvalue weighted by Crippen LogP contribution is -2.49. The van der Waals surface area contributed by atoms with E-state index < -0.39 is 25.2 Å². The van der Waals surface area contributed by atoms with E-state index in [9.17, 15) is 21.9 Å². The second-order valence-electron chi connectivity index (χ2n) is 4.34. The molecule has 1 aromatic rings. The van der Waals surface area contributed by atoms with Gasteiger partial charge in [0.2, 0.25) is 10.0 Å². The standard InChI is InChI=1S/C10H15NO5S4/c1-19(13,14)10-7-17-5-3-11(10)20(15,16)9-2-4-18-8(9)6-12/h2,4,10,12H,3,5-7H2,1H3. The Morgan fingerprint density at radius 3 is 2.70 bits per heavy atom. The van der Waals surface area contributed by atoms with E-state index in [0.717, 1.165) is 21.9 Å². The predicted molar refractivity (Wildman–Crippen MR) is 80.1 cm³/mol.